The first-order valence-corrected chi connectivity index (χ1v) is 12.4. The van der Waals surface area contributed by atoms with Crippen molar-refractivity contribution in [3.63, 3.8) is 0 Å². The van der Waals surface area contributed by atoms with Gasteiger partial charge in [-0.25, -0.2) is 9.97 Å². The number of aromatic nitrogens is 3. The number of carbonyl (C=O) groups is 1. The molecule has 10 heteroatoms. The summed E-state index contributed by atoms with van der Waals surface area (Å²) in [5.41, 5.74) is 2.86. The molecule has 3 aromatic rings. The van der Waals surface area contributed by atoms with Crippen LogP contribution in [0.1, 0.15) is 35.6 Å². The van der Waals surface area contributed by atoms with Gasteiger partial charge in [-0.05, 0) is 56.7 Å². The molecular weight excluding hydrogens is 472 g/mol. The zero-order valence-corrected chi connectivity index (χ0v) is 21.3. The summed E-state index contributed by atoms with van der Waals surface area (Å²) in [5, 5.41) is 23.1. The minimum absolute atomic E-state index is 0.316. The van der Waals surface area contributed by atoms with E-state index in [1.165, 1.54) is 6.20 Å². The van der Waals surface area contributed by atoms with Gasteiger partial charge in [0.15, 0.2) is 5.82 Å². The minimum Gasteiger partial charge on any atom is -0.389 e. The fourth-order valence-corrected chi connectivity index (χ4v) is 4.50. The molecular formula is C27H32N6O4. The molecule has 10 nitrogen and oxygen atoms in total. The first kappa shape index (κ1) is 25.1. The van der Waals surface area contributed by atoms with Crippen LogP contribution in [-0.2, 0) is 10.3 Å². The Kier molecular flexibility index (Phi) is 6.80. The van der Waals surface area contributed by atoms with Crippen LogP contribution >= 0.6 is 0 Å². The number of nitrogens with zero attached hydrogens (tertiary/aromatic N) is 5. The normalized spacial score (nSPS) is 16.5. The minimum atomic E-state index is -1.17. The Hall–Kier alpha value is -3.60. The predicted octanol–water partition coefficient (Wildman–Crippen LogP) is 2.34. The fourth-order valence-electron chi connectivity index (χ4n) is 4.50. The van der Waals surface area contributed by atoms with Gasteiger partial charge in [-0.1, -0.05) is 0 Å². The molecule has 5 rings (SSSR count). The van der Waals surface area contributed by atoms with E-state index in [9.17, 15) is 15.0 Å². The molecule has 2 saturated heterocycles. The number of β-amino-alcohol motifs (C(OH)–C–C–N with tert-alkyl or cyclic N) is 1. The molecule has 3 aromatic heterocycles. The lowest BCUT2D eigenvalue weighted by Crippen LogP contribution is -2.51. The van der Waals surface area contributed by atoms with Crippen molar-refractivity contribution in [3.8, 4) is 11.1 Å². The molecule has 0 spiro atoms. The van der Waals surface area contributed by atoms with E-state index in [2.05, 4.69) is 20.2 Å². The number of carbonyl (C=O) groups excluding carboxylic acids is 1. The number of aliphatic hydroxyl groups excluding tert-OH is 1. The lowest BCUT2D eigenvalue weighted by molar-refractivity contribution is 0.0737. The zero-order chi connectivity index (χ0) is 26.2. The average Bonchev–Trinajstić information content (AvgIpc) is 2.87. The highest BCUT2D eigenvalue weighted by Crippen LogP contribution is 2.34. The number of aliphatic hydroxyl groups is 2. The van der Waals surface area contributed by atoms with Crippen LogP contribution in [0.4, 0.5) is 17.3 Å². The number of ether oxygens (including phenoxy) is 1. The molecule has 0 aliphatic carbocycles. The summed E-state index contributed by atoms with van der Waals surface area (Å²) >= 11 is 0. The maximum Gasteiger partial charge on any atom is 0.255 e. The maximum absolute atomic E-state index is 13.3. The Bertz CT molecular complexity index is 1300. The van der Waals surface area contributed by atoms with Gasteiger partial charge in [0.2, 0.25) is 0 Å². The number of aryl methyl sites for hydroxylation is 1. The summed E-state index contributed by atoms with van der Waals surface area (Å²) in [6.07, 6.45) is 2.95. The average molecular weight is 505 g/mol. The standard InChI is InChI=1S/C27H32N6O4/c1-17-21(18-4-7-29-24(13-18)33-15-20(34)16-33)14-22(25(30-17)32-8-10-37-11-9-32)31-26(35)19-5-6-28-23(12-19)27(2,3)36/h4-7,12-14,20,34,36H,8-11,15-16H2,1-3H3,(H,31,35). The molecule has 3 N–H and O–H groups in total. The van der Waals surface area contributed by atoms with E-state index in [0.717, 1.165) is 22.6 Å². The zero-order valence-electron chi connectivity index (χ0n) is 21.3. The van der Waals surface area contributed by atoms with E-state index in [1.54, 1.807) is 32.2 Å². The third-order valence-corrected chi connectivity index (χ3v) is 6.64. The highest BCUT2D eigenvalue weighted by atomic mass is 16.5. The summed E-state index contributed by atoms with van der Waals surface area (Å²) in [5.74, 6) is 1.17. The van der Waals surface area contributed by atoms with Crippen molar-refractivity contribution in [2.45, 2.75) is 32.5 Å². The van der Waals surface area contributed by atoms with Crippen molar-refractivity contribution in [3.05, 3.63) is 59.7 Å². The highest BCUT2D eigenvalue weighted by Gasteiger charge is 2.26. The summed E-state index contributed by atoms with van der Waals surface area (Å²) in [6.45, 7) is 8.85. The summed E-state index contributed by atoms with van der Waals surface area (Å²) in [7, 11) is 0. The first-order valence-electron chi connectivity index (χ1n) is 12.4. The lowest BCUT2D eigenvalue weighted by atomic mass is 10.0. The Labute approximate surface area is 216 Å². The first-order chi connectivity index (χ1) is 17.7. The largest absolute Gasteiger partial charge is 0.389 e. The lowest BCUT2D eigenvalue weighted by Gasteiger charge is -2.37. The van der Waals surface area contributed by atoms with Crippen LogP contribution in [-0.4, -0.2) is 76.6 Å². The van der Waals surface area contributed by atoms with Gasteiger partial charge in [0, 0.05) is 55.4 Å². The number of nitrogens with one attached hydrogen (secondary N) is 1. The van der Waals surface area contributed by atoms with Gasteiger partial charge >= 0.3 is 0 Å². The van der Waals surface area contributed by atoms with E-state index >= 15 is 0 Å². The van der Waals surface area contributed by atoms with Crippen LogP contribution < -0.4 is 15.1 Å². The Morgan fingerprint density at radius 3 is 2.51 bits per heavy atom. The molecule has 2 fully saturated rings. The van der Waals surface area contributed by atoms with Gasteiger partial charge in [-0.3, -0.25) is 9.78 Å². The van der Waals surface area contributed by atoms with Crippen LogP contribution in [0.2, 0.25) is 0 Å². The second-order valence-electron chi connectivity index (χ2n) is 10.00. The SMILES string of the molecule is Cc1nc(N2CCOCC2)c(NC(=O)c2ccnc(C(C)(C)O)c2)cc1-c1ccnc(N2CC(O)C2)c1. The maximum atomic E-state index is 13.3. The van der Waals surface area contributed by atoms with Gasteiger partial charge in [0.1, 0.15) is 11.4 Å². The number of pyridine rings is 3. The van der Waals surface area contributed by atoms with Gasteiger partial charge in [-0.15, -0.1) is 0 Å². The fraction of sp³-hybridized carbons (Fsp3) is 0.407. The number of amides is 1. The van der Waals surface area contributed by atoms with Crippen molar-refractivity contribution in [1.29, 1.82) is 0 Å². The molecule has 1 amide bonds. The monoisotopic (exact) mass is 504 g/mol. The Morgan fingerprint density at radius 1 is 1.08 bits per heavy atom. The van der Waals surface area contributed by atoms with Crippen LogP contribution in [0, 0.1) is 6.92 Å². The van der Waals surface area contributed by atoms with Crippen molar-refractivity contribution < 1.29 is 19.7 Å². The van der Waals surface area contributed by atoms with Gasteiger partial charge < -0.3 is 30.1 Å². The van der Waals surface area contributed by atoms with Crippen molar-refractivity contribution in [2.75, 3.05) is 54.5 Å². The van der Waals surface area contributed by atoms with E-state index in [-0.39, 0.29) is 12.0 Å². The van der Waals surface area contributed by atoms with Gasteiger partial charge in [-0.2, -0.15) is 0 Å². The van der Waals surface area contributed by atoms with Crippen molar-refractivity contribution in [2.24, 2.45) is 0 Å². The third kappa shape index (κ3) is 5.41. The molecule has 0 bridgehead atoms. The molecule has 37 heavy (non-hydrogen) atoms. The number of rotatable bonds is 6. The quantitative estimate of drug-likeness (QED) is 0.464. The highest BCUT2D eigenvalue weighted by molar-refractivity contribution is 6.06. The van der Waals surface area contributed by atoms with Crippen LogP contribution in [0.3, 0.4) is 0 Å². The van der Waals surface area contributed by atoms with Crippen molar-refractivity contribution in [1.82, 2.24) is 15.0 Å². The van der Waals surface area contributed by atoms with Crippen LogP contribution in [0.15, 0.2) is 42.7 Å². The molecule has 0 unspecified atom stereocenters. The molecule has 2 aliphatic heterocycles. The summed E-state index contributed by atoms with van der Waals surface area (Å²) in [6, 6.07) is 9.07. The smallest absolute Gasteiger partial charge is 0.255 e. The van der Waals surface area contributed by atoms with E-state index in [4.69, 9.17) is 9.72 Å². The number of hydrogen-bond acceptors (Lipinski definition) is 9. The van der Waals surface area contributed by atoms with E-state index in [0.29, 0.717) is 62.2 Å². The van der Waals surface area contributed by atoms with Gasteiger partial charge in [0.05, 0.1) is 30.7 Å². The second kappa shape index (κ2) is 10.0. The van der Waals surface area contributed by atoms with Crippen LogP contribution in [0.25, 0.3) is 11.1 Å². The Balaban J connectivity index is 1.51. The summed E-state index contributed by atoms with van der Waals surface area (Å²) < 4.78 is 5.52. The van der Waals surface area contributed by atoms with E-state index < -0.39 is 5.60 Å². The Morgan fingerprint density at radius 2 is 1.81 bits per heavy atom. The molecule has 5 heterocycles. The summed E-state index contributed by atoms with van der Waals surface area (Å²) in [4.78, 5) is 31.1. The molecule has 194 valence electrons. The molecule has 0 aromatic carbocycles. The second-order valence-corrected chi connectivity index (χ2v) is 10.00. The van der Waals surface area contributed by atoms with Crippen molar-refractivity contribution >= 4 is 23.2 Å². The molecule has 0 saturated carbocycles. The van der Waals surface area contributed by atoms with E-state index in [1.807, 2.05) is 30.0 Å². The number of anilines is 3. The molecule has 0 atom stereocenters. The molecule has 0 radical (unpaired) electrons. The number of hydrogen-bond donors (Lipinski definition) is 3. The van der Waals surface area contributed by atoms with Gasteiger partial charge in [0.25, 0.3) is 5.91 Å². The number of morpholine rings is 1. The predicted molar refractivity (Wildman–Crippen MR) is 141 cm³/mol. The van der Waals surface area contributed by atoms with Crippen LogP contribution in [0.5, 0.6) is 0 Å². The molecule has 2 aliphatic rings. The topological polar surface area (TPSA) is 124 Å². The third-order valence-electron chi connectivity index (χ3n) is 6.64.